The zero-order valence-electron chi connectivity index (χ0n) is 21.0. The Balaban J connectivity index is 1.91. The van der Waals surface area contributed by atoms with E-state index < -0.39 is 22.5 Å². The van der Waals surface area contributed by atoms with Crippen molar-refractivity contribution in [3.8, 4) is 23.0 Å². The summed E-state index contributed by atoms with van der Waals surface area (Å²) in [6.07, 6.45) is 0.402. The highest BCUT2D eigenvalue weighted by molar-refractivity contribution is 7.89. The van der Waals surface area contributed by atoms with Crippen LogP contribution in [0.15, 0.2) is 65.6 Å². The summed E-state index contributed by atoms with van der Waals surface area (Å²) in [7, 11) is 1.67. The molecule has 3 aromatic carbocycles. The Morgan fingerprint density at radius 3 is 2.11 bits per heavy atom. The van der Waals surface area contributed by atoms with Gasteiger partial charge in [0.25, 0.3) is 0 Å². The minimum absolute atomic E-state index is 0.0308. The third-order valence-electron chi connectivity index (χ3n) is 5.55. The van der Waals surface area contributed by atoms with Crippen molar-refractivity contribution >= 4 is 33.2 Å². The Hall–Kier alpha value is -3.47. The van der Waals surface area contributed by atoms with E-state index >= 15 is 0 Å². The lowest BCUT2D eigenvalue weighted by Crippen LogP contribution is -2.39. The predicted octanol–water partition coefficient (Wildman–Crippen LogP) is 4.25. The summed E-state index contributed by atoms with van der Waals surface area (Å²) in [5, 5.41) is 3.01. The maximum Gasteiger partial charge on any atom is 0.243 e. The molecular formula is C26H29ClN2O7S. The van der Waals surface area contributed by atoms with Gasteiger partial charge in [-0.05, 0) is 24.1 Å². The number of sulfonamides is 1. The van der Waals surface area contributed by atoms with Crippen LogP contribution in [-0.2, 0) is 21.2 Å². The normalized spacial score (nSPS) is 11.2. The quantitative estimate of drug-likeness (QED) is 0.361. The van der Waals surface area contributed by atoms with Gasteiger partial charge in [-0.2, -0.15) is 4.31 Å². The van der Waals surface area contributed by atoms with Gasteiger partial charge >= 0.3 is 0 Å². The molecule has 0 bridgehead atoms. The van der Waals surface area contributed by atoms with E-state index in [2.05, 4.69) is 5.32 Å². The van der Waals surface area contributed by atoms with E-state index in [0.29, 0.717) is 34.4 Å². The molecule has 1 amide bonds. The highest BCUT2D eigenvalue weighted by atomic mass is 35.5. The van der Waals surface area contributed by atoms with E-state index in [-0.39, 0.29) is 17.2 Å². The largest absolute Gasteiger partial charge is 0.495 e. The average Bonchev–Trinajstić information content (AvgIpc) is 2.91. The maximum atomic E-state index is 13.7. The third kappa shape index (κ3) is 6.85. The molecule has 0 spiro atoms. The number of hydrogen-bond acceptors (Lipinski definition) is 7. The van der Waals surface area contributed by atoms with Crippen LogP contribution in [0.1, 0.15) is 5.56 Å². The molecule has 3 rings (SSSR count). The number of rotatable bonds is 12. The highest BCUT2D eigenvalue weighted by Gasteiger charge is 2.28. The van der Waals surface area contributed by atoms with E-state index in [1.165, 1.54) is 58.8 Å². The molecule has 0 aromatic heterocycles. The number of hydrogen-bond donors (Lipinski definition) is 1. The molecule has 37 heavy (non-hydrogen) atoms. The zero-order chi connectivity index (χ0) is 27.0. The minimum atomic E-state index is -4.09. The van der Waals surface area contributed by atoms with Crippen LogP contribution in [0.5, 0.6) is 23.0 Å². The molecule has 0 heterocycles. The topological polar surface area (TPSA) is 103 Å². The molecular weight excluding hydrogens is 520 g/mol. The molecule has 0 aliphatic heterocycles. The summed E-state index contributed by atoms with van der Waals surface area (Å²) in [5.74, 6) is 0.710. The molecule has 0 radical (unpaired) electrons. The van der Waals surface area contributed by atoms with E-state index in [1.807, 2.05) is 30.3 Å². The fourth-order valence-electron chi connectivity index (χ4n) is 3.62. The van der Waals surface area contributed by atoms with Gasteiger partial charge in [0.15, 0.2) is 11.5 Å². The highest BCUT2D eigenvalue weighted by Crippen LogP contribution is 2.36. The molecule has 0 aliphatic carbocycles. The molecule has 0 unspecified atom stereocenters. The Labute approximate surface area is 221 Å². The van der Waals surface area contributed by atoms with E-state index in [9.17, 15) is 13.2 Å². The first-order valence-electron chi connectivity index (χ1n) is 11.2. The van der Waals surface area contributed by atoms with Crippen molar-refractivity contribution in [2.75, 3.05) is 46.8 Å². The van der Waals surface area contributed by atoms with Gasteiger partial charge in [-0.3, -0.25) is 4.79 Å². The number of nitrogens with zero attached hydrogens (tertiary/aromatic N) is 1. The van der Waals surface area contributed by atoms with Gasteiger partial charge < -0.3 is 24.3 Å². The minimum Gasteiger partial charge on any atom is -0.495 e. The second kappa shape index (κ2) is 12.7. The molecule has 11 heteroatoms. The van der Waals surface area contributed by atoms with Gasteiger partial charge in [-0.15, -0.1) is 0 Å². The van der Waals surface area contributed by atoms with Crippen LogP contribution in [0, 0.1) is 0 Å². The number of benzene rings is 3. The molecule has 0 atom stereocenters. The number of carbonyl (C=O) groups is 1. The van der Waals surface area contributed by atoms with Crippen molar-refractivity contribution in [1.29, 1.82) is 0 Å². The Morgan fingerprint density at radius 1 is 0.838 bits per heavy atom. The summed E-state index contributed by atoms with van der Waals surface area (Å²) in [6, 6.07) is 16.7. The van der Waals surface area contributed by atoms with Crippen molar-refractivity contribution in [2.45, 2.75) is 11.3 Å². The first-order valence-corrected chi connectivity index (χ1v) is 13.0. The number of amides is 1. The molecule has 9 nitrogen and oxygen atoms in total. The van der Waals surface area contributed by atoms with E-state index in [4.69, 9.17) is 30.5 Å². The first kappa shape index (κ1) is 28.1. The van der Waals surface area contributed by atoms with Crippen LogP contribution in [0.2, 0.25) is 5.02 Å². The molecule has 0 saturated carbocycles. The Bertz CT molecular complexity index is 1330. The summed E-state index contributed by atoms with van der Waals surface area (Å²) in [4.78, 5) is 13.1. The van der Waals surface area contributed by atoms with Crippen molar-refractivity contribution < 1.29 is 32.2 Å². The van der Waals surface area contributed by atoms with Crippen molar-refractivity contribution in [3.63, 3.8) is 0 Å². The van der Waals surface area contributed by atoms with Crippen LogP contribution < -0.4 is 24.3 Å². The third-order valence-corrected chi connectivity index (χ3v) is 7.69. The Kier molecular flexibility index (Phi) is 9.62. The number of ether oxygens (including phenoxy) is 4. The van der Waals surface area contributed by atoms with E-state index in [0.717, 1.165) is 9.87 Å². The lowest BCUT2D eigenvalue weighted by Gasteiger charge is -2.23. The summed E-state index contributed by atoms with van der Waals surface area (Å²) >= 11 is 6.15. The monoisotopic (exact) mass is 548 g/mol. The lowest BCUT2D eigenvalue weighted by molar-refractivity contribution is -0.116. The van der Waals surface area contributed by atoms with Crippen molar-refractivity contribution in [2.24, 2.45) is 0 Å². The SMILES string of the molecule is COc1cc(NC(=O)CN(CCc2ccccc2)S(=O)(=O)c2ccc(OC)c(OC)c2)c(OC)cc1Cl. The smallest absolute Gasteiger partial charge is 0.243 e. The van der Waals surface area contributed by atoms with Gasteiger partial charge in [0.05, 0.1) is 50.6 Å². The summed E-state index contributed by atoms with van der Waals surface area (Å²) in [6.45, 7) is -0.382. The molecule has 198 valence electrons. The van der Waals surface area contributed by atoms with Crippen LogP contribution >= 0.6 is 11.6 Å². The van der Waals surface area contributed by atoms with Crippen LogP contribution in [-0.4, -0.2) is 60.2 Å². The summed E-state index contributed by atoms with van der Waals surface area (Å²) in [5.41, 5.74) is 1.22. The van der Waals surface area contributed by atoms with Gasteiger partial charge in [-0.1, -0.05) is 41.9 Å². The lowest BCUT2D eigenvalue weighted by atomic mass is 10.1. The maximum absolute atomic E-state index is 13.7. The Morgan fingerprint density at radius 2 is 1.49 bits per heavy atom. The molecule has 0 fully saturated rings. The number of carbonyl (C=O) groups excluding carboxylic acids is 1. The van der Waals surface area contributed by atoms with Gasteiger partial charge in [-0.25, -0.2) is 8.42 Å². The van der Waals surface area contributed by atoms with Gasteiger partial charge in [0.1, 0.15) is 11.5 Å². The second-order valence-electron chi connectivity index (χ2n) is 7.83. The van der Waals surface area contributed by atoms with Crippen molar-refractivity contribution in [1.82, 2.24) is 4.31 Å². The molecule has 0 saturated heterocycles. The number of anilines is 1. The van der Waals surface area contributed by atoms with E-state index in [1.54, 1.807) is 0 Å². The van der Waals surface area contributed by atoms with Gasteiger partial charge in [0.2, 0.25) is 15.9 Å². The fraction of sp³-hybridized carbons (Fsp3) is 0.269. The van der Waals surface area contributed by atoms with Crippen LogP contribution in [0.3, 0.4) is 0 Å². The zero-order valence-corrected chi connectivity index (χ0v) is 22.6. The standard InChI is InChI=1S/C26H29ClN2O7S/c1-33-22-11-10-19(14-25(22)36-4)37(31,32)29(13-12-18-8-6-5-7-9-18)17-26(30)28-21-16-23(34-2)20(27)15-24(21)35-3/h5-11,14-16H,12-13,17H2,1-4H3,(H,28,30). The van der Waals surface area contributed by atoms with Crippen LogP contribution in [0.25, 0.3) is 0 Å². The molecule has 1 N–H and O–H groups in total. The fourth-order valence-corrected chi connectivity index (χ4v) is 5.26. The van der Waals surface area contributed by atoms with Crippen molar-refractivity contribution in [3.05, 3.63) is 71.2 Å². The van der Waals surface area contributed by atoms with Crippen LogP contribution in [0.4, 0.5) is 5.69 Å². The molecule has 0 aliphatic rings. The number of methoxy groups -OCH3 is 4. The first-order chi connectivity index (χ1) is 17.7. The summed E-state index contributed by atoms with van der Waals surface area (Å²) < 4.78 is 49.5. The number of halogens is 1. The molecule has 3 aromatic rings. The average molecular weight is 549 g/mol. The second-order valence-corrected chi connectivity index (χ2v) is 10.2. The van der Waals surface area contributed by atoms with Gasteiger partial charge in [0, 0.05) is 24.7 Å². The number of nitrogens with one attached hydrogen (secondary N) is 1. The predicted molar refractivity (Wildman–Crippen MR) is 142 cm³/mol.